The molecular formula is C19H20N2O2. The van der Waals surface area contributed by atoms with E-state index >= 15 is 0 Å². The summed E-state index contributed by atoms with van der Waals surface area (Å²) in [5.41, 5.74) is 3.64. The van der Waals surface area contributed by atoms with E-state index in [1.54, 1.807) is 12.3 Å². The molecule has 2 aromatic heterocycles. The number of nitrogens with one attached hydrogen (secondary N) is 1. The summed E-state index contributed by atoms with van der Waals surface area (Å²) in [5.74, 6) is 0.746. The number of benzene rings is 1. The lowest BCUT2D eigenvalue weighted by molar-refractivity contribution is 0.0685. The van der Waals surface area contributed by atoms with Gasteiger partial charge in [0.2, 0.25) is 0 Å². The Bertz CT molecular complexity index is 767. The third kappa shape index (κ3) is 2.89. The van der Waals surface area contributed by atoms with E-state index in [1.807, 2.05) is 11.0 Å². The minimum absolute atomic E-state index is 0.0783. The van der Waals surface area contributed by atoms with Gasteiger partial charge in [0.15, 0.2) is 5.58 Å². The first kappa shape index (κ1) is 14.1. The Kier molecular flexibility index (Phi) is 3.66. The molecule has 0 radical (unpaired) electrons. The minimum Gasteiger partial charge on any atom is -0.463 e. The molecule has 4 heteroatoms. The van der Waals surface area contributed by atoms with E-state index in [0.717, 1.165) is 43.5 Å². The van der Waals surface area contributed by atoms with Gasteiger partial charge in [-0.2, -0.15) is 0 Å². The zero-order valence-corrected chi connectivity index (χ0v) is 13.0. The smallest absolute Gasteiger partial charge is 0.270 e. The Morgan fingerprint density at radius 2 is 1.96 bits per heavy atom. The average molecular weight is 308 g/mol. The Balaban J connectivity index is 1.37. The van der Waals surface area contributed by atoms with Crippen LogP contribution in [-0.2, 0) is 6.42 Å². The van der Waals surface area contributed by atoms with Crippen molar-refractivity contribution in [3.8, 4) is 0 Å². The predicted octanol–water partition coefficient (Wildman–Crippen LogP) is 3.86. The summed E-state index contributed by atoms with van der Waals surface area (Å²) >= 11 is 0. The monoisotopic (exact) mass is 308 g/mol. The average Bonchev–Trinajstić information content (AvgIpc) is 3.17. The molecule has 0 saturated carbocycles. The van der Waals surface area contributed by atoms with E-state index in [9.17, 15) is 4.79 Å². The third-order valence-corrected chi connectivity index (χ3v) is 4.74. The molecule has 0 unspecified atom stereocenters. The summed E-state index contributed by atoms with van der Waals surface area (Å²) in [4.78, 5) is 17.7. The molecule has 23 heavy (non-hydrogen) atoms. The van der Waals surface area contributed by atoms with Crippen molar-refractivity contribution in [1.82, 2.24) is 9.88 Å². The fourth-order valence-electron chi connectivity index (χ4n) is 3.42. The molecule has 3 heterocycles. The SMILES string of the molecule is O=C(c1cc2occc2[nH]1)N1CCC(Cc2ccccc2)CC1. The number of furan rings is 1. The van der Waals surface area contributed by atoms with Crippen LogP contribution < -0.4 is 0 Å². The van der Waals surface area contributed by atoms with Crippen LogP contribution in [-0.4, -0.2) is 28.9 Å². The van der Waals surface area contributed by atoms with E-state index in [1.165, 1.54) is 5.56 Å². The highest BCUT2D eigenvalue weighted by Crippen LogP contribution is 2.24. The molecule has 1 saturated heterocycles. The van der Waals surface area contributed by atoms with Crippen molar-refractivity contribution in [2.24, 2.45) is 5.92 Å². The summed E-state index contributed by atoms with van der Waals surface area (Å²) in [6, 6.07) is 14.3. The van der Waals surface area contributed by atoms with Crippen molar-refractivity contribution < 1.29 is 9.21 Å². The van der Waals surface area contributed by atoms with Crippen LogP contribution in [0.25, 0.3) is 11.1 Å². The molecule has 0 spiro atoms. The number of hydrogen-bond donors (Lipinski definition) is 1. The Morgan fingerprint density at radius 3 is 2.70 bits per heavy atom. The number of aromatic nitrogens is 1. The van der Waals surface area contributed by atoms with Gasteiger partial charge in [-0.25, -0.2) is 0 Å². The van der Waals surface area contributed by atoms with Crippen LogP contribution in [0, 0.1) is 5.92 Å². The van der Waals surface area contributed by atoms with Crippen molar-refractivity contribution in [3.05, 3.63) is 60.0 Å². The molecule has 1 aliphatic heterocycles. The van der Waals surface area contributed by atoms with Crippen molar-refractivity contribution >= 4 is 17.0 Å². The predicted molar refractivity (Wildman–Crippen MR) is 89.3 cm³/mol. The first-order valence-corrected chi connectivity index (χ1v) is 8.19. The molecule has 0 bridgehead atoms. The molecule has 1 aliphatic rings. The largest absolute Gasteiger partial charge is 0.463 e. The quantitative estimate of drug-likeness (QED) is 0.799. The minimum atomic E-state index is 0.0783. The van der Waals surface area contributed by atoms with Gasteiger partial charge in [0.25, 0.3) is 5.91 Å². The summed E-state index contributed by atoms with van der Waals surface area (Å²) in [7, 11) is 0. The molecule has 4 rings (SSSR count). The standard InChI is InChI=1S/C19H20N2O2/c22-19(17-13-18-16(20-17)8-11-23-18)21-9-6-15(7-10-21)12-14-4-2-1-3-5-14/h1-5,8,11,13,15,20H,6-7,9-10,12H2. The van der Waals surface area contributed by atoms with Gasteiger partial charge < -0.3 is 14.3 Å². The number of piperidine rings is 1. The number of carbonyl (C=O) groups is 1. The molecule has 1 aromatic carbocycles. The molecule has 1 fully saturated rings. The van der Waals surface area contributed by atoms with E-state index in [4.69, 9.17) is 4.42 Å². The fourth-order valence-corrected chi connectivity index (χ4v) is 3.42. The number of fused-ring (bicyclic) bond motifs is 1. The molecule has 1 amide bonds. The highest BCUT2D eigenvalue weighted by atomic mass is 16.3. The van der Waals surface area contributed by atoms with Crippen LogP contribution >= 0.6 is 0 Å². The van der Waals surface area contributed by atoms with Gasteiger partial charge in [-0.15, -0.1) is 0 Å². The van der Waals surface area contributed by atoms with Gasteiger partial charge in [0.1, 0.15) is 5.69 Å². The first-order chi connectivity index (χ1) is 11.3. The number of amides is 1. The Morgan fingerprint density at radius 1 is 1.17 bits per heavy atom. The summed E-state index contributed by atoms with van der Waals surface area (Å²) in [6.07, 6.45) is 4.87. The lowest BCUT2D eigenvalue weighted by Gasteiger charge is -2.31. The number of likely N-dealkylation sites (tertiary alicyclic amines) is 1. The fraction of sp³-hybridized carbons (Fsp3) is 0.316. The number of hydrogen-bond acceptors (Lipinski definition) is 2. The number of rotatable bonds is 3. The van der Waals surface area contributed by atoms with Crippen LogP contribution in [0.15, 0.2) is 53.1 Å². The van der Waals surface area contributed by atoms with Gasteiger partial charge >= 0.3 is 0 Å². The van der Waals surface area contributed by atoms with Crippen LogP contribution in [0.2, 0.25) is 0 Å². The van der Waals surface area contributed by atoms with Crippen molar-refractivity contribution in [3.63, 3.8) is 0 Å². The summed E-state index contributed by atoms with van der Waals surface area (Å²) < 4.78 is 5.32. The molecule has 118 valence electrons. The second-order valence-corrected chi connectivity index (χ2v) is 6.31. The number of nitrogens with zero attached hydrogens (tertiary/aromatic N) is 1. The first-order valence-electron chi connectivity index (χ1n) is 8.19. The highest BCUT2D eigenvalue weighted by molar-refractivity contribution is 5.96. The van der Waals surface area contributed by atoms with E-state index in [-0.39, 0.29) is 5.91 Å². The highest BCUT2D eigenvalue weighted by Gasteiger charge is 2.25. The number of aromatic amines is 1. The van der Waals surface area contributed by atoms with E-state index in [2.05, 4.69) is 35.3 Å². The van der Waals surface area contributed by atoms with E-state index in [0.29, 0.717) is 11.6 Å². The topological polar surface area (TPSA) is 49.2 Å². The van der Waals surface area contributed by atoms with Crippen LogP contribution in [0.5, 0.6) is 0 Å². The number of H-pyrrole nitrogens is 1. The lowest BCUT2D eigenvalue weighted by Crippen LogP contribution is -2.39. The van der Waals surface area contributed by atoms with Crippen LogP contribution in [0.4, 0.5) is 0 Å². The zero-order valence-electron chi connectivity index (χ0n) is 13.0. The van der Waals surface area contributed by atoms with Gasteiger partial charge in [-0.1, -0.05) is 30.3 Å². The van der Waals surface area contributed by atoms with Crippen LogP contribution in [0.3, 0.4) is 0 Å². The van der Waals surface area contributed by atoms with Crippen molar-refractivity contribution in [2.75, 3.05) is 13.1 Å². The Hall–Kier alpha value is -2.49. The zero-order chi connectivity index (χ0) is 15.6. The number of carbonyl (C=O) groups excluding carboxylic acids is 1. The molecule has 0 atom stereocenters. The normalized spacial score (nSPS) is 16.1. The maximum atomic E-state index is 12.6. The van der Waals surface area contributed by atoms with Crippen LogP contribution in [0.1, 0.15) is 28.9 Å². The summed E-state index contributed by atoms with van der Waals surface area (Å²) in [5, 5.41) is 0. The van der Waals surface area contributed by atoms with Gasteiger partial charge in [-0.3, -0.25) is 4.79 Å². The molecule has 0 aliphatic carbocycles. The molecule has 4 nitrogen and oxygen atoms in total. The maximum absolute atomic E-state index is 12.6. The third-order valence-electron chi connectivity index (χ3n) is 4.74. The second-order valence-electron chi connectivity index (χ2n) is 6.31. The van der Waals surface area contributed by atoms with Crippen molar-refractivity contribution in [2.45, 2.75) is 19.3 Å². The molecule has 1 N–H and O–H groups in total. The van der Waals surface area contributed by atoms with Gasteiger partial charge in [-0.05, 0) is 30.7 Å². The lowest BCUT2D eigenvalue weighted by atomic mass is 9.90. The Labute approximate surface area is 135 Å². The summed E-state index contributed by atoms with van der Waals surface area (Å²) in [6.45, 7) is 1.66. The maximum Gasteiger partial charge on any atom is 0.270 e. The van der Waals surface area contributed by atoms with Gasteiger partial charge in [0, 0.05) is 25.2 Å². The second kappa shape index (κ2) is 5.95. The van der Waals surface area contributed by atoms with Crippen molar-refractivity contribution in [1.29, 1.82) is 0 Å². The van der Waals surface area contributed by atoms with Gasteiger partial charge in [0.05, 0.1) is 11.8 Å². The molecular weight excluding hydrogens is 288 g/mol. The van der Waals surface area contributed by atoms with E-state index < -0.39 is 0 Å². The molecule has 3 aromatic rings.